The minimum absolute atomic E-state index is 0.0442. The number of ether oxygens (including phenoxy) is 9. The Kier molecular flexibility index (Phi) is 25.9. The molecule has 6 N–H and O–H groups in total. The molecule has 0 aliphatic carbocycles. The lowest BCUT2D eigenvalue weighted by molar-refractivity contribution is -0.117. The van der Waals surface area contributed by atoms with Crippen molar-refractivity contribution in [2.75, 3.05) is 139 Å². The smallest absolute Gasteiger partial charge is 0.289 e. The third kappa shape index (κ3) is 21.4. The SMILES string of the molecule is CCCNC(=O)C1=Cc2ccc(-c3cnc(C(=O)NCCOCCOCCOCCOCCOCCOCCOCCOCCOCCN)nc3)cc2N=C(N)C1. The topological polar surface area (TPSA) is 231 Å². The highest BCUT2D eigenvalue weighted by molar-refractivity contribution is 6.05. The highest BCUT2D eigenvalue weighted by Gasteiger charge is 2.17. The third-order valence-electron chi connectivity index (χ3n) is 7.78. The molecular formula is C39H61N7O11. The van der Waals surface area contributed by atoms with Gasteiger partial charge >= 0.3 is 0 Å². The lowest BCUT2D eigenvalue weighted by atomic mass is 10.0. The maximum absolute atomic E-state index is 12.5. The standard InChI is InChI=1S/C39H61N7O11/c1-2-6-42-38(47)33-26-32-4-3-31(27-35(32)46-36(41)28-33)34-29-44-37(45-30-34)39(48)43-7-9-50-11-13-52-15-17-54-19-21-56-23-25-57-24-22-55-20-18-53-16-14-51-12-10-49-8-5-40/h3-4,26-27,29-30H,2,5-25,28,40H2,1H3,(H2,41,46)(H,42,47)(H,43,48). The molecule has 57 heavy (non-hydrogen) atoms. The van der Waals surface area contributed by atoms with E-state index in [1.807, 2.05) is 31.2 Å². The highest BCUT2D eigenvalue weighted by atomic mass is 16.6. The Bertz CT molecular complexity index is 1460. The molecule has 0 atom stereocenters. The van der Waals surface area contributed by atoms with Crippen LogP contribution in [0, 0.1) is 0 Å². The fourth-order valence-electron chi connectivity index (χ4n) is 4.92. The van der Waals surface area contributed by atoms with E-state index in [0.717, 1.165) is 17.5 Å². The van der Waals surface area contributed by atoms with E-state index in [0.29, 0.717) is 161 Å². The lowest BCUT2D eigenvalue weighted by Crippen LogP contribution is -2.29. The van der Waals surface area contributed by atoms with E-state index in [1.165, 1.54) is 0 Å². The van der Waals surface area contributed by atoms with Gasteiger partial charge in [0, 0.05) is 55.1 Å². The number of hydrogen-bond acceptors (Lipinski definition) is 16. The molecular weight excluding hydrogens is 742 g/mol. The van der Waals surface area contributed by atoms with E-state index in [1.54, 1.807) is 12.4 Å². The molecule has 0 spiro atoms. The largest absolute Gasteiger partial charge is 0.387 e. The summed E-state index contributed by atoms with van der Waals surface area (Å²) in [5.41, 5.74) is 15.0. The Hall–Kier alpha value is -3.95. The van der Waals surface area contributed by atoms with Crippen LogP contribution in [0.15, 0.2) is 41.2 Å². The average molecular weight is 804 g/mol. The first-order valence-electron chi connectivity index (χ1n) is 19.5. The molecule has 318 valence electrons. The predicted octanol–water partition coefficient (Wildman–Crippen LogP) is 1.28. The van der Waals surface area contributed by atoms with Crippen molar-refractivity contribution in [3.8, 4) is 11.1 Å². The van der Waals surface area contributed by atoms with E-state index in [-0.39, 0.29) is 18.2 Å². The molecule has 1 aromatic carbocycles. The molecule has 0 radical (unpaired) electrons. The number of fused-ring (bicyclic) bond motifs is 1. The Balaban J connectivity index is 1.10. The Labute approximate surface area is 335 Å². The Morgan fingerprint density at radius 1 is 0.614 bits per heavy atom. The monoisotopic (exact) mass is 803 g/mol. The first-order chi connectivity index (χ1) is 28.0. The molecule has 0 saturated carbocycles. The first-order valence-corrected chi connectivity index (χ1v) is 19.5. The van der Waals surface area contributed by atoms with Crippen molar-refractivity contribution in [2.45, 2.75) is 19.8 Å². The van der Waals surface area contributed by atoms with Crippen LogP contribution in [-0.4, -0.2) is 166 Å². The van der Waals surface area contributed by atoms with Gasteiger partial charge in [0.2, 0.25) is 11.7 Å². The first kappa shape index (κ1) is 47.4. The predicted molar refractivity (Wildman–Crippen MR) is 213 cm³/mol. The van der Waals surface area contributed by atoms with Crippen molar-refractivity contribution in [2.24, 2.45) is 16.5 Å². The zero-order valence-electron chi connectivity index (χ0n) is 33.2. The zero-order valence-corrected chi connectivity index (χ0v) is 33.2. The number of nitrogens with two attached hydrogens (primary N) is 2. The molecule has 0 fully saturated rings. The summed E-state index contributed by atoms with van der Waals surface area (Å²) in [6.45, 7) is 11.9. The average Bonchev–Trinajstić information content (AvgIpc) is 3.39. The van der Waals surface area contributed by atoms with Gasteiger partial charge < -0.3 is 64.7 Å². The number of nitrogens with one attached hydrogen (secondary N) is 2. The van der Waals surface area contributed by atoms with Crippen LogP contribution in [0.5, 0.6) is 0 Å². The van der Waals surface area contributed by atoms with Crippen molar-refractivity contribution >= 4 is 29.4 Å². The number of benzene rings is 1. The maximum atomic E-state index is 12.5. The zero-order chi connectivity index (χ0) is 40.6. The second kappa shape index (κ2) is 31.1. The van der Waals surface area contributed by atoms with Crippen molar-refractivity contribution in [3.63, 3.8) is 0 Å². The van der Waals surface area contributed by atoms with Gasteiger partial charge in [-0.05, 0) is 24.1 Å². The third-order valence-corrected chi connectivity index (χ3v) is 7.78. The highest BCUT2D eigenvalue weighted by Crippen LogP contribution is 2.31. The molecule has 1 aromatic heterocycles. The number of rotatable bonds is 34. The van der Waals surface area contributed by atoms with Crippen LogP contribution in [0.1, 0.15) is 35.9 Å². The van der Waals surface area contributed by atoms with Crippen LogP contribution in [0.2, 0.25) is 0 Å². The number of nitrogens with zero attached hydrogens (tertiary/aromatic N) is 3. The van der Waals surface area contributed by atoms with E-state index in [9.17, 15) is 9.59 Å². The number of carbonyl (C=O) groups is 2. The fourth-order valence-corrected chi connectivity index (χ4v) is 4.92. The Morgan fingerprint density at radius 3 is 1.54 bits per heavy atom. The quantitative estimate of drug-likeness (QED) is 0.0731. The van der Waals surface area contributed by atoms with Crippen LogP contribution in [0.25, 0.3) is 17.2 Å². The number of carbonyl (C=O) groups excluding carboxylic acids is 2. The Morgan fingerprint density at radius 2 is 1.07 bits per heavy atom. The summed E-state index contributed by atoms with van der Waals surface area (Å²) < 4.78 is 49.0. The van der Waals surface area contributed by atoms with E-state index in [4.69, 9.17) is 54.1 Å². The number of aliphatic imine (C=N–C) groups is 1. The molecule has 0 unspecified atom stereocenters. The van der Waals surface area contributed by atoms with Gasteiger partial charge in [0.15, 0.2) is 0 Å². The van der Waals surface area contributed by atoms with Gasteiger partial charge in [0.05, 0.1) is 125 Å². The molecule has 18 nitrogen and oxygen atoms in total. The van der Waals surface area contributed by atoms with Crippen LogP contribution in [0.4, 0.5) is 5.69 Å². The van der Waals surface area contributed by atoms with Gasteiger partial charge in [0.25, 0.3) is 5.91 Å². The molecule has 0 bridgehead atoms. The van der Waals surface area contributed by atoms with Crippen LogP contribution in [-0.2, 0) is 47.4 Å². The van der Waals surface area contributed by atoms with Gasteiger partial charge in [-0.15, -0.1) is 0 Å². The number of aromatic nitrogens is 2. The minimum atomic E-state index is -0.406. The molecule has 3 rings (SSSR count). The summed E-state index contributed by atoms with van der Waals surface area (Å²) in [5.74, 6) is -0.163. The fraction of sp³-hybridized carbons (Fsp3) is 0.615. The molecule has 2 amide bonds. The lowest BCUT2D eigenvalue weighted by Gasteiger charge is -2.09. The van der Waals surface area contributed by atoms with Crippen molar-refractivity contribution in [3.05, 3.63) is 47.6 Å². The van der Waals surface area contributed by atoms with E-state index >= 15 is 0 Å². The molecule has 2 aromatic rings. The summed E-state index contributed by atoms with van der Waals surface area (Å²) in [5, 5.41) is 5.64. The van der Waals surface area contributed by atoms with Gasteiger partial charge in [-0.3, -0.25) is 9.59 Å². The normalized spacial score (nSPS) is 12.5. The van der Waals surface area contributed by atoms with Crippen molar-refractivity contribution in [1.82, 2.24) is 20.6 Å². The van der Waals surface area contributed by atoms with Gasteiger partial charge in [-0.2, -0.15) is 0 Å². The molecule has 1 aliphatic rings. The molecule has 0 saturated heterocycles. The van der Waals surface area contributed by atoms with Crippen LogP contribution >= 0.6 is 0 Å². The minimum Gasteiger partial charge on any atom is -0.387 e. The second-order valence-electron chi connectivity index (χ2n) is 12.3. The molecule has 1 aliphatic heterocycles. The second-order valence-corrected chi connectivity index (χ2v) is 12.3. The van der Waals surface area contributed by atoms with Gasteiger partial charge in [-0.25, -0.2) is 15.0 Å². The summed E-state index contributed by atoms with van der Waals surface area (Å²) in [6.07, 6.45) is 6.08. The summed E-state index contributed by atoms with van der Waals surface area (Å²) in [6, 6.07) is 5.62. The number of amides is 2. The summed E-state index contributed by atoms with van der Waals surface area (Å²) >= 11 is 0. The maximum Gasteiger partial charge on any atom is 0.289 e. The number of amidine groups is 1. The molecule has 18 heteroatoms. The van der Waals surface area contributed by atoms with Crippen LogP contribution in [0.3, 0.4) is 0 Å². The van der Waals surface area contributed by atoms with E-state index < -0.39 is 5.91 Å². The number of hydrogen-bond donors (Lipinski definition) is 4. The van der Waals surface area contributed by atoms with Gasteiger partial charge in [0.1, 0.15) is 5.84 Å². The van der Waals surface area contributed by atoms with E-state index in [2.05, 4.69) is 25.6 Å². The van der Waals surface area contributed by atoms with Gasteiger partial charge in [-0.1, -0.05) is 19.1 Å². The van der Waals surface area contributed by atoms with Crippen LogP contribution < -0.4 is 22.1 Å². The summed E-state index contributed by atoms with van der Waals surface area (Å²) in [4.78, 5) is 38.0. The van der Waals surface area contributed by atoms with Crippen molar-refractivity contribution in [1.29, 1.82) is 0 Å². The van der Waals surface area contributed by atoms with Crippen molar-refractivity contribution < 1.29 is 52.2 Å². The molecule has 2 heterocycles. The summed E-state index contributed by atoms with van der Waals surface area (Å²) in [7, 11) is 0.